The quantitative estimate of drug-likeness (QED) is 0.599. The van der Waals surface area contributed by atoms with Crippen LogP contribution in [0, 0.1) is 27.3 Å². The minimum absolute atomic E-state index is 0.0568. The first-order valence-corrected chi connectivity index (χ1v) is 5.07. The van der Waals surface area contributed by atoms with Crippen molar-refractivity contribution in [3.63, 3.8) is 0 Å². The van der Waals surface area contributed by atoms with Gasteiger partial charge >= 0.3 is 0 Å². The Kier molecular flexibility index (Phi) is 3.02. The van der Waals surface area contributed by atoms with Crippen molar-refractivity contribution in [2.45, 2.75) is 0 Å². The first kappa shape index (κ1) is 11.7. The van der Waals surface area contributed by atoms with E-state index >= 15 is 0 Å². The fourth-order valence-electron chi connectivity index (χ4n) is 1.62. The van der Waals surface area contributed by atoms with Crippen molar-refractivity contribution in [3.05, 3.63) is 64.0 Å². The van der Waals surface area contributed by atoms with E-state index in [0.29, 0.717) is 5.56 Å². The molecule has 0 spiro atoms. The van der Waals surface area contributed by atoms with Crippen molar-refractivity contribution in [1.82, 2.24) is 0 Å². The number of halogens is 1. The second-order valence-corrected chi connectivity index (χ2v) is 3.59. The van der Waals surface area contributed by atoms with E-state index in [1.165, 1.54) is 0 Å². The zero-order chi connectivity index (χ0) is 13.1. The van der Waals surface area contributed by atoms with Crippen LogP contribution in [0.5, 0.6) is 0 Å². The zero-order valence-electron chi connectivity index (χ0n) is 9.13. The summed E-state index contributed by atoms with van der Waals surface area (Å²) in [7, 11) is 0. The largest absolute Gasteiger partial charge is 0.271 e. The first-order valence-electron chi connectivity index (χ1n) is 5.07. The van der Waals surface area contributed by atoms with E-state index in [1.54, 1.807) is 36.4 Å². The predicted molar refractivity (Wildman–Crippen MR) is 63.2 cm³/mol. The Balaban J connectivity index is 2.71. The molecule has 2 aromatic rings. The van der Waals surface area contributed by atoms with Crippen LogP contribution in [0.2, 0.25) is 0 Å². The third-order valence-corrected chi connectivity index (χ3v) is 2.47. The third kappa shape index (κ3) is 2.04. The molecule has 0 aliphatic carbocycles. The number of hydrogen-bond donors (Lipinski definition) is 0. The molecule has 0 saturated carbocycles. The van der Waals surface area contributed by atoms with Gasteiger partial charge in [-0.15, -0.1) is 0 Å². The van der Waals surface area contributed by atoms with Gasteiger partial charge in [-0.3, -0.25) is 10.1 Å². The van der Waals surface area contributed by atoms with Gasteiger partial charge in [0, 0.05) is 17.7 Å². The second-order valence-electron chi connectivity index (χ2n) is 3.59. The van der Waals surface area contributed by atoms with Crippen LogP contribution in [-0.2, 0) is 0 Å². The highest BCUT2D eigenvalue weighted by molar-refractivity contribution is 5.69. The molecule has 4 nitrogen and oxygen atoms in total. The highest BCUT2D eigenvalue weighted by atomic mass is 19.1. The number of non-ortho nitro benzene ring substituents is 1. The molecule has 18 heavy (non-hydrogen) atoms. The molecule has 0 unspecified atom stereocenters. The van der Waals surface area contributed by atoms with Crippen molar-refractivity contribution < 1.29 is 9.31 Å². The van der Waals surface area contributed by atoms with Crippen LogP contribution in [-0.4, -0.2) is 4.92 Å². The maximum absolute atomic E-state index is 14.0. The lowest BCUT2D eigenvalue weighted by molar-refractivity contribution is -0.384. The van der Waals surface area contributed by atoms with Crippen LogP contribution >= 0.6 is 0 Å². The molecule has 0 aromatic heterocycles. The van der Waals surface area contributed by atoms with Gasteiger partial charge in [-0.1, -0.05) is 30.3 Å². The SMILES string of the molecule is N#Cc1cc([N+](=O)[O-])cc(-c2ccccc2)c1F. The Morgan fingerprint density at radius 3 is 2.44 bits per heavy atom. The Bertz CT molecular complexity index is 648. The van der Waals surface area contributed by atoms with Gasteiger partial charge in [0.2, 0.25) is 0 Å². The molecular formula is C13H7FN2O2. The number of nitro groups is 1. The number of nitriles is 1. The molecule has 5 heteroatoms. The van der Waals surface area contributed by atoms with E-state index in [1.807, 2.05) is 0 Å². The smallest absolute Gasteiger partial charge is 0.258 e. The normalized spacial score (nSPS) is 9.78. The molecule has 0 aliphatic rings. The van der Waals surface area contributed by atoms with E-state index in [2.05, 4.69) is 0 Å². The number of rotatable bonds is 2. The number of nitrogens with zero attached hydrogens (tertiary/aromatic N) is 2. The van der Waals surface area contributed by atoms with Crippen molar-refractivity contribution in [2.75, 3.05) is 0 Å². The molecule has 0 radical (unpaired) electrons. The van der Waals surface area contributed by atoms with Gasteiger partial charge in [-0.2, -0.15) is 5.26 Å². The van der Waals surface area contributed by atoms with Crippen LogP contribution < -0.4 is 0 Å². The maximum Gasteiger partial charge on any atom is 0.271 e. The van der Waals surface area contributed by atoms with Gasteiger partial charge in [0.15, 0.2) is 0 Å². The Labute approximate surface area is 102 Å². The maximum atomic E-state index is 14.0. The molecular weight excluding hydrogens is 235 g/mol. The molecule has 0 saturated heterocycles. The highest BCUT2D eigenvalue weighted by Gasteiger charge is 2.17. The monoisotopic (exact) mass is 242 g/mol. The topological polar surface area (TPSA) is 66.9 Å². The minimum Gasteiger partial charge on any atom is -0.258 e. The van der Waals surface area contributed by atoms with E-state index in [0.717, 1.165) is 12.1 Å². The highest BCUT2D eigenvalue weighted by Crippen LogP contribution is 2.29. The lowest BCUT2D eigenvalue weighted by atomic mass is 10.0. The summed E-state index contributed by atoms with van der Waals surface area (Å²) >= 11 is 0. The minimum atomic E-state index is -0.741. The summed E-state index contributed by atoms with van der Waals surface area (Å²) in [6.45, 7) is 0. The third-order valence-electron chi connectivity index (χ3n) is 2.47. The Morgan fingerprint density at radius 1 is 1.22 bits per heavy atom. The van der Waals surface area contributed by atoms with Gasteiger partial charge in [0.05, 0.1) is 10.5 Å². The van der Waals surface area contributed by atoms with Gasteiger partial charge in [0.1, 0.15) is 11.9 Å². The molecule has 0 N–H and O–H groups in total. The van der Waals surface area contributed by atoms with Gasteiger partial charge in [-0.05, 0) is 5.56 Å². The van der Waals surface area contributed by atoms with E-state index < -0.39 is 10.7 Å². The van der Waals surface area contributed by atoms with E-state index in [-0.39, 0.29) is 16.8 Å². The standard InChI is InChI=1S/C13H7FN2O2/c14-13-10(8-15)6-11(16(17)18)7-12(13)9-4-2-1-3-5-9/h1-7H. The fourth-order valence-corrected chi connectivity index (χ4v) is 1.62. The van der Waals surface area contributed by atoms with Crippen molar-refractivity contribution in [3.8, 4) is 17.2 Å². The number of hydrogen-bond acceptors (Lipinski definition) is 3. The average Bonchev–Trinajstić information content (AvgIpc) is 2.39. The average molecular weight is 242 g/mol. The lowest BCUT2D eigenvalue weighted by Crippen LogP contribution is -1.95. The van der Waals surface area contributed by atoms with Crippen LogP contribution in [0.3, 0.4) is 0 Å². The summed E-state index contributed by atoms with van der Waals surface area (Å²) in [5.41, 5.74) is -0.0774. The molecule has 2 rings (SSSR count). The molecule has 88 valence electrons. The summed E-state index contributed by atoms with van der Waals surface area (Å²) in [5, 5.41) is 19.5. The molecule has 0 amide bonds. The summed E-state index contributed by atoms with van der Waals surface area (Å²) in [6, 6.07) is 12.1. The van der Waals surface area contributed by atoms with Gasteiger partial charge in [-0.25, -0.2) is 4.39 Å². The van der Waals surface area contributed by atoms with Gasteiger partial charge < -0.3 is 0 Å². The van der Waals surface area contributed by atoms with Crippen LogP contribution in [0.25, 0.3) is 11.1 Å². The summed E-state index contributed by atoms with van der Waals surface area (Å²) in [4.78, 5) is 10.1. The van der Waals surface area contributed by atoms with Crippen LogP contribution in [0.15, 0.2) is 42.5 Å². The number of nitro benzene ring substituents is 1. The van der Waals surface area contributed by atoms with Crippen molar-refractivity contribution in [2.24, 2.45) is 0 Å². The Morgan fingerprint density at radius 2 is 1.89 bits per heavy atom. The summed E-state index contributed by atoms with van der Waals surface area (Å²) < 4.78 is 14.0. The van der Waals surface area contributed by atoms with Crippen LogP contribution in [0.4, 0.5) is 10.1 Å². The van der Waals surface area contributed by atoms with Crippen LogP contribution in [0.1, 0.15) is 5.56 Å². The molecule has 0 bridgehead atoms. The second kappa shape index (κ2) is 4.63. The van der Waals surface area contributed by atoms with Crippen molar-refractivity contribution in [1.29, 1.82) is 5.26 Å². The first-order chi connectivity index (χ1) is 8.63. The van der Waals surface area contributed by atoms with Gasteiger partial charge in [0.25, 0.3) is 5.69 Å². The summed E-state index contributed by atoms with van der Waals surface area (Å²) in [5.74, 6) is -0.741. The summed E-state index contributed by atoms with van der Waals surface area (Å²) in [6.07, 6.45) is 0. The predicted octanol–water partition coefficient (Wildman–Crippen LogP) is 3.27. The molecule has 0 atom stereocenters. The molecule has 2 aromatic carbocycles. The molecule has 0 aliphatic heterocycles. The van der Waals surface area contributed by atoms with E-state index in [4.69, 9.17) is 5.26 Å². The van der Waals surface area contributed by atoms with E-state index in [9.17, 15) is 14.5 Å². The Hall–Kier alpha value is -2.74. The zero-order valence-corrected chi connectivity index (χ0v) is 9.13. The number of benzene rings is 2. The lowest BCUT2D eigenvalue weighted by Gasteiger charge is -2.04. The molecule has 0 fully saturated rings. The fraction of sp³-hybridized carbons (Fsp3) is 0. The van der Waals surface area contributed by atoms with Crippen molar-refractivity contribution >= 4 is 5.69 Å². The molecule has 0 heterocycles.